The van der Waals surface area contributed by atoms with Gasteiger partial charge in [0.15, 0.2) is 0 Å². The molecule has 1 aromatic carbocycles. The molecule has 1 atom stereocenters. The Morgan fingerprint density at radius 3 is 2.63 bits per heavy atom. The molecule has 2 nitrogen and oxygen atoms in total. The fraction of sp³-hybridized carbons (Fsp3) is 0.333. The molecule has 0 saturated heterocycles. The van der Waals surface area contributed by atoms with Crippen molar-refractivity contribution in [2.45, 2.75) is 26.4 Å². The van der Waals surface area contributed by atoms with Crippen molar-refractivity contribution >= 4 is 22.9 Å². The van der Waals surface area contributed by atoms with E-state index in [9.17, 15) is 5.11 Å². The van der Waals surface area contributed by atoms with Gasteiger partial charge in [-0.25, -0.2) is 0 Å². The molecule has 1 heterocycles. The first kappa shape index (κ1) is 14.4. The highest BCUT2D eigenvalue weighted by molar-refractivity contribution is 7.12. The van der Waals surface area contributed by atoms with E-state index in [-0.39, 0.29) is 0 Å². The Bertz CT molecular complexity index is 578. The summed E-state index contributed by atoms with van der Waals surface area (Å²) in [4.78, 5) is 2.37. The monoisotopic (exact) mass is 296 g/mol. The minimum Gasteiger partial charge on any atom is -0.496 e. The summed E-state index contributed by atoms with van der Waals surface area (Å²) < 4.78 is 5.31. The summed E-state index contributed by atoms with van der Waals surface area (Å²) in [6, 6.07) is 7.51. The van der Waals surface area contributed by atoms with Crippen molar-refractivity contribution in [3.63, 3.8) is 0 Å². The van der Waals surface area contributed by atoms with Gasteiger partial charge in [0.05, 0.1) is 13.2 Å². The molecule has 4 heteroatoms. The third kappa shape index (κ3) is 3.30. The summed E-state index contributed by atoms with van der Waals surface area (Å²) >= 11 is 7.71. The molecular weight excluding hydrogens is 280 g/mol. The molecular formula is C15H17ClO2S. The predicted octanol–water partition coefficient (Wildman–Crippen LogP) is 4.30. The zero-order valence-corrected chi connectivity index (χ0v) is 12.8. The van der Waals surface area contributed by atoms with Crippen molar-refractivity contribution in [1.82, 2.24) is 0 Å². The van der Waals surface area contributed by atoms with Crippen LogP contribution < -0.4 is 4.74 Å². The van der Waals surface area contributed by atoms with E-state index < -0.39 is 6.10 Å². The van der Waals surface area contributed by atoms with Gasteiger partial charge >= 0.3 is 0 Å². The highest BCUT2D eigenvalue weighted by Crippen LogP contribution is 2.31. The average molecular weight is 297 g/mol. The molecule has 1 N–H and O–H groups in total. The normalized spacial score (nSPS) is 12.5. The van der Waals surface area contributed by atoms with Crippen LogP contribution in [0.4, 0.5) is 0 Å². The number of hydrogen-bond donors (Lipinski definition) is 1. The van der Waals surface area contributed by atoms with E-state index in [4.69, 9.17) is 16.3 Å². The number of aryl methyl sites for hydroxylation is 2. The van der Waals surface area contributed by atoms with Crippen molar-refractivity contribution in [3.05, 3.63) is 50.2 Å². The highest BCUT2D eigenvalue weighted by Gasteiger charge is 2.16. The van der Waals surface area contributed by atoms with Gasteiger partial charge in [-0.2, -0.15) is 0 Å². The van der Waals surface area contributed by atoms with E-state index in [2.05, 4.69) is 0 Å². The van der Waals surface area contributed by atoms with Gasteiger partial charge in [-0.3, -0.25) is 0 Å². The Morgan fingerprint density at radius 2 is 2.05 bits per heavy atom. The van der Waals surface area contributed by atoms with Crippen molar-refractivity contribution in [3.8, 4) is 5.75 Å². The highest BCUT2D eigenvalue weighted by atomic mass is 35.5. The zero-order valence-electron chi connectivity index (χ0n) is 11.2. The maximum absolute atomic E-state index is 10.4. The Morgan fingerprint density at radius 1 is 1.32 bits per heavy atom. The van der Waals surface area contributed by atoms with Gasteiger partial charge in [-0.1, -0.05) is 11.6 Å². The van der Waals surface area contributed by atoms with E-state index in [1.807, 2.05) is 32.0 Å². The lowest BCUT2D eigenvalue weighted by Crippen LogP contribution is -2.03. The van der Waals surface area contributed by atoms with Crippen LogP contribution in [0.2, 0.25) is 5.02 Å². The van der Waals surface area contributed by atoms with Crippen LogP contribution in [0.25, 0.3) is 0 Å². The minimum atomic E-state index is -0.530. The van der Waals surface area contributed by atoms with Crippen LogP contribution in [-0.2, 0) is 6.42 Å². The second-order valence-electron chi connectivity index (χ2n) is 4.54. The summed E-state index contributed by atoms with van der Waals surface area (Å²) in [5.74, 6) is 0.757. The Hall–Kier alpha value is -1.03. The van der Waals surface area contributed by atoms with Crippen LogP contribution in [0.1, 0.15) is 27.0 Å². The Kier molecular flexibility index (Phi) is 4.50. The number of aliphatic hydroxyl groups is 1. The molecule has 0 spiro atoms. The second-order valence-corrected chi connectivity index (χ2v) is 6.44. The SMILES string of the molecule is COc1ccc(Cl)cc1CC(O)c1cc(C)sc1C. The van der Waals surface area contributed by atoms with Gasteiger partial charge in [0.2, 0.25) is 0 Å². The first-order valence-corrected chi connectivity index (χ1v) is 7.28. The van der Waals surface area contributed by atoms with Crippen LogP contribution >= 0.6 is 22.9 Å². The van der Waals surface area contributed by atoms with Crippen molar-refractivity contribution in [2.75, 3.05) is 7.11 Å². The summed E-state index contributed by atoms with van der Waals surface area (Å²) in [6.45, 7) is 4.08. The number of methoxy groups -OCH3 is 1. The quantitative estimate of drug-likeness (QED) is 0.911. The lowest BCUT2D eigenvalue weighted by Gasteiger charge is -2.14. The minimum absolute atomic E-state index is 0.501. The van der Waals surface area contributed by atoms with Crippen molar-refractivity contribution in [1.29, 1.82) is 0 Å². The molecule has 1 unspecified atom stereocenters. The third-order valence-corrected chi connectivity index (χ3v) is 4.31. The van der Waals surface area contributed by atoms with E-state index in [0.717, 1.165) is 21.8 Å². The fourth-order valence-electron chi connectivity index (χ4n) is 2.21. The molecule has 0 amide bonds. The lowest BCUT2D eigenvalue weighted by molar-refractivity contribution is 0.177. The number of rotatable bonds is 4. The second kappa shape index (κ2) is 5.95. The molecule has 19 heavy (non-hydrogen) atoms. The topological polar surface area (TPSA) is 29.5 Å². The van der Waals surface area contributed by atoms with Crippen molar-refractivity contribution < 1.29 is 9.84 Å². The van der Waals surface area contributed by atoms with Gasteiger partial charge in [0.1, 0.15) is 5.75 Å². The van der Waals surface area contributed by atoms with E-state index in [1.54, 1.807) is 24.5 Å². The Balaban J connectivity index is 2.25. The molecule has 1 aromatic heterocycles. The first-order chi connectivity index (χ1) is 9.01. The van der Waals surface area contributed by atoms with Gasteiger partial charge in [-0.05, 0) is 49.2 Å². The fourth-order valence-corrected chi connectivity index (χ4v) is 3.38. The van der Waals surface area contributed by atoms with Crippen LogP contribution in [0.3, 0.4) is 0 Å². The number of halogens is 1. The standard InChI is InChI=1S/C15H17ClO2S/c1-9-6-13(10(2)19-9)14(17)8-11-7-12(16)4-5-15(11)18-3/h4-7,14,17H,8H2,1-3H3. The molecule has 0 radical (unpaired) electrons. The molecule has 0 saturated carbocycles. The molecule has 2 aromatic rings. The average Bonchev–Trinajstić information content (AvgIpc) is 2.69. The van der Waals surface area contributed by atoms with Crippen LogP contribution in [-0.4, -0.2) is 12.2 Å². The summed E-state index contributed by atoms with van der Waals surface area (Å²) in [5, 5.41) is 11.0. The predicted molar refractivity (Wildman–Crippen MR) is 80.5 cm³/mol. The Labute approximate surface area is 122 Å². The zero-order chi connectivity index (χ0) is 14.0. The number of thiophene rings is 1. The molecule has 0 aliphatic rings. The van der Waals surface area contributed by atoms with E-state index in [0.29, 0.717) is 11.4 Å². The number of hydrogen-bond acceptors (Lipinski definition) is 3. The van der Waals surface area contributed by atoms with Crippen LogP contribution in [0, 0.1) is 13.8 Å². The van der Waals surface area contributed by atoms with Gasteiger partial charge in [0.25, 0.3) is 0 Å². The first-order valence-electron chi connectivity index (χ1n) is 6.08. The lowest BCUT2D eigenvalue weighted by atomic mass is 10.0. The molecule has 2 rings (SSSR count). The summed E-state index contributed by atoms with van der Waals surface area (Å²) in [6.07, 6.45) is -0.0295. The molecule has 0 aliphatic carbocycles. The number of ether oxygens (including phenoxy) is 1. The van der Waals surface area contributed by atoms with E-state index >= 15 is 0 Å². The van der Waals surface area contributed by atoms with Gasteiger partial charge in [0, 0.05) is 21.2 Å². The van der Waals surface area contributed by atoms with Crippen LogP contribution in [0.5, 0.6) is 5.75 Å². The largest absolute Gasteiger partial charge is 0.496 e. The molecule has 0 aliphatic heterocycles. The van der Waals surface area contributed by atoms with Crippen LogP contribution in [0.15, 0.2) is 24.3 Å². The molecule has 0 bridgehead atoms. The summed E-state index contributed by atoms with van der Waals surface area (Å²) in [5.41, 5.74) is 1.91. The van der Waals surface area contributed by atoms with Crippen molar-refractivity contribution in [2.24, 2.45) is 0 Å². The van der Waals surface area contributed by atoms with E-state index in [1.165, 1.54) is 4.88 Å². The number of aliphatic hydroxyl groups excluding tert-OH is 1. The summed E-state index contributed by atoms with van der Waals surface area (Å²) in [7, 11) is 1.62. The molecule has 102 valence electrons. The third-order valence-electron chi connectivity index (χ3n) is 3.09. The smallest absolute Gasteiger partial charge is 0.122 e. The maximum atomic E-state index is 10.4. The van der Waals surface area contributed by atoms with Gasteiger partial charge in [-0.15, -0.1) is 11.3 Å². The number of benzene rings is 1. The van der Waals surface area contributed by atoms with Gasteiger partial charge < -0.3 is 9.84 Å². The molecule has 0 fully saturated rings. The maximum Gasteiger partial charge on any atom is 0.122 e.